The maximum absolute atomic E-state index is 9.57. The maximum atomic E-state index is 9.57. The minimum absolute atomic E-state index is 0.00682. The van der Waals surface area contributed by atoms with Gasteiger partial charge in [-0.2, -0.15) is 0 Å². The Morgan fingerprint density at radius 2 is 1.81 bits per heavy atom. The van der Waals surface area contributed by atoms with Crippen molar-refractivity contribution in [3.05, 3.63) is 0 Å². The van der Waals surface area contributed by atoms with Crippen LogP contribution in [0.2, 0.25) is 0 Å². The fourth-order valence-corrected chi connectivity index (χ4v) is 1.57. The van der Waals surface area contributed by atoms with Crippen LogP contribution in [0.25, 0.3) is 0 Å². The lowest BCUT2D eigenvalue weighted by Crippen LogP contribution is -2.59. The van der Waals surface area contributed by atoms with Gasteiger partial charge in [-0.05, 0) is 0 Å². The Morgan fingerprint density at radius 3 is 2.38 bits per heavy atom. The quantitative estimate of drug-likeness (QED) is 0.390. The van der Waals surface area contributed by atoms with Crippen molar-refractivity contribution in [1.82, 2.24) is 0 Å². The first-order chi connectivity index (χ1) is 7.63. The third-order valence-electron chi connectivity index (χ3n) is 2.70. The van der Waals surface area contributed by atoms with Crippen LogP contribution in [0, 0.1) is 0 Å². The number of rotatable bonds is 4. The van der Waals surface area contributed by atoms with Crippen LogP contribution in [-0.2, 0) is 14.2 Å². The van der Waals surface area contributed by atoms with Gasteiger partial charge in [-0.1, -0.05) is 0 Å². The molecule has 94 valence electrons. The van der Waals surface area contributed by atoms with Crippen LogP contribution in [0.15, 0.2) is 0 Å². The van der Waals surface area contributed by atoms with Crippen molar-refractivity contribution in [1.29, 1.82) is 0 Å². The number of aliphatic hydroxyl groups is 4. The summed E-state index contributed by atoms with van der Waals surface area (Å²) < 4.78 is 15.2. The Bertz CT molecular complexity index is 230. The SMILES string of the molecule is OC[C@H]1O[C@H](OC[C@H]2CO2)[C@H](O)[C@@H](O)[C@@H]1O. The van der Waals surface area contributed by atoms with Gasteiger partial charge in [0.25, 0.3) is 0 Å². The first kappa shape index (κ1) is 12.2. The van der Waals surface area contributed by atoms with Crippen LogP contribution < -0.4 is 0 Å². The van der Waals surface area contributed by atoms with Crippen molar-refractivity contribution in [2.75, 3.05) is 19.8 Å². The lowest BCUT2D eigenvalue weighted by molar-refractivity contribution is -0.301. The van der Waals surface area contributed by atoms with Crippen molar-refractivity contribution in [2.24, 2.45) is 0 Å². The molecule has 0 aromatic rings. The zero-order valence-electron chi connectivity index (χ0n) is 8.60. The molecule has 0 saturated carbocycles. The van der Waals surface area contributed by atoms with E-state index in [-0.39, 0.29) is 12.7 Å². The molecule has 7 nitrogen and oxygen atoms in total. The lowest BCUT2D eigenvalue weighted by atomic mass is 9.99. The first-order valence-corrected chi connectivity index (χ1v) is 5.17. The van der Waals surface area contributed by atoms with E-state index in [1.54, 1.807) is 0 Å². The summed E-state index contributed by atoms with van der Waals surface area (Å²) in [5.41, 5.74) is 0. The predicted octanol–water partition coefficient (Wildman–Crippen LogP) is -2.80. The van der Waals surface area contributed by atoms with Gasteiger partial charge >= 0.3 is 0 Å². The minimum Gasteiger partial charge on any atom is -0.394 e. The molecule has 0 spiro atoms. The highest BCUT2D eigenvalue weighted by Gasteiger charge is 2.44. The van der Waals surface area contributed by atoms with Gasteiger partial charge in [0.2, 0.25) is 0 Å². The molecule has 2 saturated heterocycles. The molecule has 2 aliphatic rings. The summed E-state index contributed by atoms with van der Waals surface area (Å²) in [6, 6.07) is 0. The second-order valence-corrected chi connectivity index (χ2v) is 3.99. The second kappa shape index (κ2) is 4.92. The molecule has 2 heterocycles. The zero-order valence-corrected chi connectivity index (χ0v) is 8.60. The fraction of sp³-hybridized carbons (Fsp3) is 1.00. The largest absolute Gasteiger partial charge is 0.394 e. The van der Waals surface area contributed by atoms with E-state index < -0.39 is 37.3 Å². The maximum Gasteiger partial charge on any atom is 0.186 e. The van der Waals surface area contributed by atoms with Crippen molar-refractivity contribution in [3.8, 4) is 0 Å². The van der Waals surface area contributed by atoms with Gasteiger partial charge in [-0.25, -0.2) is 0 Å². The fourth-order valence-electron chi connectivity index (χ4n) is 1.57. The van der Waals surface area contributed by atoms with E-state index in [1.807, 2.05) is 0 Å². The smallest absolute Gasteiger partial charge is 0.186 e. The molecular weight excluding hydrogens is 220 g/mol. The topological polar surface area (TPSA) is 112 Å². The van der Waals surface area contributed by atoms with Gasteiger partial charge in [0.15, 0.2) is 6.29 Å². The van der Waals surface area contributed by atoms with Gasteiger partial charge in [-0.3, -0.25) is 0 Å². The molecular formula is C9H16O7. The molecule has 0 aromatic carbocycles. The Labute approximate surface area is 92.2 Å². The molecule has 2 rings (SSSR count). The third-order valence-corrected chi connectivity index (χ3v) is 2.70. The van der Waals surface area contributed by atoms with E-state index in [1.165, 1.54) is 0 Å². The second-order valence-electron chi connectivity index (χ2n) is 3.99. The van der Waals surface area contributed by atoms with Crippen molar-refractivity contribution < 1.29 is 34.6 Å². The average molecular weight is 236 g/mol. The van der Waals surface area contributed by atoms with Gasteiger partial charge < -0.3 is 34.6 Å². The van der Waals surface area contributed by atoms with E-state index in [0.29, 0.717) is 6.61 Å². The molecule has 0 amide bonds. The Morgan fingerprint density at radius 1 is 1.12 bits per heavy atom. The molecule has 0 radical (unpaired) electrons. The normalized spacial score (nSPS) is 48.0. The van der Waals surface area contributed by atoms with Gasteiger partial charge in [0, 0.05) is 0 Å². The van der Waals surface area contributed by atoms with Gasteiger partial charge in [0.1, 0.15) is 30.5 Å². The summed E-state index contributed by atoms with van der Waals surface area (Å²) in [6.07, 6.45) is -6.06. The summed E-state index contributed by atoms with van der Waals surface area (Å²) in [5, 5.41) is 37.4. The molecule has 16 heavy (non-hydrogen) atoms. The molecule has 0 unspecified atom stereocenters. The van der Waals surface area contributed by atoms with Crippen LogP contribution in [-0.4, -0.2) is 77.1 Å². The molecule has 7 heteroatoms. The van der Waals surface area contributed by atoms with Crippen LogP contribution in [0.4, 0.5) is 0 Å². The van der Waals surface area contributed by atoms with Gasteiger partial charge in [0.05, 0.1) is 19.8 Å². The number of hydrogen-bond donors (Lipinski definition) is 4. The van der Waals surface area contributed by atoms with Crippen LogP contribution in [0.1, 0.15) is 0 Å². The molecule has 4 N–H and O–H groups in total. The Balaban J connectivity index is 1.89. The Hall–Kier alpha value is -0.280. The van der Waals surface area contributed by atoms with Crippen LogP contribution in [0.5, 0.6) is 0 Å². The van der Waals surface area contributed by atoms with Gasteiger partial charge in [-0.15, -0.1) is 0 Å². The first-order valence-electron chi connectivity index (χ1n) is 5.17. The van der Waals surface area contributed by atoms with Crippen LogP contribution >= 0.6 is 0 Å². The van der Waals surface area contributed by atoms with E-state index >= 15 is 0 Å². The number of hydrogen-bond acceptors (Lipinski definition) is 7. The molecule has 0 aromatic heterocycles. The summed E-state index contributed by atoms with van der Waals surface area (Å²) in [5.74, 6) is 0. The van der Waals surface area contributed by atoms with E-state index in [0.717, 1.165) is 0 Å². The zero-order chi connectivity index (χ0) is 11.7. The predicted molar refractivity (Wildman–Crippen MR) is 49.5 cm³/mol. The highest BCUT2D eigenvalue weighted by atomic mass is 16.7. The number of aliphatic hydroxyl groups excluding tert-OH is 4. The highest BCUT2D eigenvalue weighted by Crippen LogP contribution is 2.23. The van der Waals surface area contributed by atoms with Crippen molar-refractivity contribution in [2.45, 2.75) is 36.8 Å². The Kier molecular flexibility index (Phi) is 3.75. The molecule has 6 atom stereocenters. The molecule has 2 aliphatic heterocycles. The summed E-state index contributed by atoms with van der Waals surface area (Å²) in [4.78, 5) is 0. The molecule has 0 bridgehead atoms. The highest BCUT2D eigenvalue weighted by molar-refractivity contribution is 4.89. The van der Waals surface area contributed by atoms with Crippen molar-refractivity contribution >= 4 is 0 Å². The number of ether oxygens (including phenoxy) is 3. The van der Waals surface area contributed by atoms with E-state index in [2.05, 4.69) is 0 Å². The molecule has 2 fully saturated rings. The standard InChI is InChI=1S/C9H16O7/c10-1-5-6(11)7(12)8(13)9(16-5)15-3-4-2-14-4/h4-13H,1-3H2/t4-,5-,6-,7+,8-,9+/m1/s1. The minimum atomic E-state index is -1.39. The monoisotopic (exact) mass is 236 g/mol. The van der Waals surface area contributed by atoms with Crippen LogP contribution in [0.3, 0.4) is 0 Å². The number of epoxide rings is 1. The average Bonchev–Trinajstić information content (AvgIpc) is 3.09. The third kappa shape index (κ3) is 2.51. The van der Waals surface area contributed by atoms with E-state index in [9.17, 15) is 15.3 Å². The lowest BCUT2D eigenvalue weighted by Gasteiger charge is -2.39. The summed E-state index contributed by atoms with van der Waals surface area (Å²) in [6.45, 7) is 0.408. The summed E-state index contributed by atoms with van der Waals surface area (Å²) in [7, 11) is 0. The summed E-state index contributed by atoms with van der Waals surface area (Å²) >= 11 is 0. The molecule has 0 aliphatic carbocycles. The van der Waals surface area contributed by atoms with E-state index in [4.69, 9.17) is 19.3 Å². The van der Waals surface area contributed by atoms with Crippen molar-refractivity contribution in [3.63, 3.8) is 0 Å².